The van der Waals surface area contributed by atoms with Gasteiger partial charge in [0.1, 0.15) is 0 Å². The number of aromatic amines is 1. The van der Waals surface area contributed by atoms with Crippen molar-refractivity contribution < 1.29 is 23.9 Å². The van der Waals surface area contributed by atoms with Crippen molar-refractivity contribution in [3.05, 3.63) is 57.9 Å². The first-order chi connectivity index (χ1) is 12.8. The van der Waals surface area contributed by atoms with Crippen LogP contribution in [0.15, 0.2) is 24.3 Å². The van der Waals surface area contributed by atoms with Crippen LogP contribution in [-0.2, 0) is 9.47 Å². The average molecular weight is 368 g/mol. The summed E-state index contributed by atoms with van der Waals surface area (Å²) in [5.41, 5.74) is 1.96. The molecule has 7 nitrogen and oxygen atoms in total. The highest BCUT2D eigenvalue weighted by Gasteiger charge is 2.27. The van der Waals surface area contributed by atoms with Crippen LogP contribution in [0, 0.1) is 25.2 Å². The fourth-order valence-electron chi connectivity index (χ4n) is 2.71. The van der Waals surface area contributed by atoms with E-state index in [-0.39, 0.29) is 17.9 Å². The lowest BCUT2D eigenvalue weighted by Crippen LogP contribution is -2.25. The number of carbonyl (C=O) groups excluding carboxylic acids is 3. The molecule has 0 saturated heterocycles. The predicted octanol–water partition coefficient (Wildman–Crippen LogP) is 3.11. The van der Waals surface area contributed by atoms with E-state index < -0.39 is 23.8 Å². The molecule has 2 rings (SSSR count). The molecule has 7 heteroatoms. The Morgan fingerprint density at radius 3 is 2.56 bits per heavy atom. The maximum atomic E-state index is 12.7. The number of hydrogen-bond donors (Lipinski definition) is 1. The van der Waals surface area contributed by atoms with E-state index in [1.807, 2.05) is 6.07 Å². The van der Waals surface area contributed by atoms with Gasteiger partial charge < -0.3 is 14.5 Å². The third-order valence-corrected chi connectivity index (χ3v) is 4.04. The number of H-pyrrole nitrogens is 1. The summed E-state index contributed by atoms with van der Waals surface area (Å²) < 4.78 is 10.2. The lowest BCUT2D eigenvalue weighted by Gasteiger charge is -2.12. The van der Waals surface area contributed by atoms with Crippen molar-refractivity contribution in [2.24, 2.45) is 0 Å². The van der Waals surface area contributed by atoms with Gasteiger partial charge in [-0.15, -0.1) is 0 Å². The molecule has 1 aromatic heterocycles. The zero-order chi connectivity index (χ0) is 20.1. The highest BCUT2D eigenvalue weighted by Crippen LogP contribution is 2.21. The molecule has 140 valence electrons. The van der Waals surface area contributed by atoms with Crippen LogP contribution >= 0.6 is 0 Å². The Kier molecular flexibility index (Phi) is 6.14. The summed E-state index contributed by atoms with van der Waals surface area (Å²) in [6.45, 7) is 6.67. The number of carbonyl (C=O) groups is 3. The monoisotopic (exact) mass is 368 g/mol. The number of ketones is 1. The van der Waals surface area contributed by atoms with Gasteiger partial charge in [0.2, 0.25) is 5.78 Å². The quantitative estimate of drug-likeness (QED) is 0.620. The molecular formula is C20H20N2O5. The second-order valence-electron chi connectivity index (χ2n) is 5.95. The summed E-state index contributed by atoms with van der Waals surface area (Å²) in [5.74, 6) is -1.68. The second kappa shape index (κ2) is 8.32. The molecule has 0 bridgehead atoms. The fourth-order valence-corrected chi connectivity index (χ4v) is 2.71. The minimum absolute atomic E-state index is 0.181. The van der Waals surface area contributed by atoms with Gasteiger partial charge in [-0.3, -0.25) is 4.79 Å². The van der Waals surface area contributed by atoms with Gasteiger partial charge in [-0.25, -0.2) is 9.59 Å². The van der Waals surface area contributed by atoms with Gasteiger partial charge in [-0.2, -0.15) is 5.26 Å². The minimum Gasteiger partial charge on any atom is -0.462 e. The number of rotatable bonds is 6. The van der Waals surface area contributed by atoms with Crippen LogP contribution in [-0.4, -0.2) is 35.4 Å². The molecule has 0 radical (unpaired) electrons. The molecule has 1 N–H and O–H groups in total. The molecule has 1 atom stereocenters. The number of hydrogen-bond acceptors (Lipinski definition) is 6. The smallest absolute Gasteiger partial charge is 0.340 e. The molecule has 0 saturated carbocycles. The number of nitrogens with one attached hydrogen (secondary N) is 1. The maximum Gasteiger partial charge on any atom is 0.340 e. The first-order valence-corrected chi connectivity index (χ1v) is 8.41. The van der Waals surface area contributed by atoms with E-state index in [1.165, 1.54) is 19.1 Å². The van der Waals surface area contributed by atoms with Crippen molar-refractivity contribution in [3.63, 3.8) is 0 Å². The molecule has 0 fully saturated rings. The fraction of sp³-hybridized carbons (Fsp3) is 0.300. The zero-order valence-corrected chi connectivity index (χ0v) is 15.6. The van der Waals surface area contributed by atoms with Crippen molar-refractivity contribution in [2.75, 3.05) is 6.61 Å². The Hall–Kier alpha value is -3.40. The number of ether oxygens (including phenoxy) is 2. The summed E-state index contributed by atoms with van der Waals surface area (Å²) in [5, 5.41) is 8.91. The van der Waals surface area contributed by atoms with Crippen LogP contribution < -0.4 is 0 Å². The molecule has 1 heterocycles. The van der Waals surface area contributed by atoms with Crippen molar-refractivity contribution in [1.82, 2.24) is 4.98 Å². The van der Waals surface area contributed by atoms with E-state index in [9.17, 15) is 14.4 Å². The standard InChI is InChI=1S/C20H20N2O5/c1-5-26-20(25)16-11(2)17(22-12(16)3)18(23)13(4)27-19(24)15-8-6-7-14(9-15)10-21/h6-9,13,22H,5H2,1-4H3. The third kappa shape index (κ3) is 4.23. The number of benzene rings is 1. The van der Waals surface area contributed by atoms with E-state index in [1.54, 1.807) is 32.9 Å². The van der Waals surface area contributed by atoms with Gasteiger partial charge in [0.15, 0.2) is 6.10 Å². The van der Waals surface area contributed by atoms with Crippen LogP contribution in [0.1, 0.15) is 61.9 Å². The Morgan fingerprint density at radius 2 is 1.93 bits per heavy atom. The molecule has 0 aliphatic rings. The molecule has 1 unspecified atom stereocenters. The van der Waals surface area contributed by atoms with Crippen LogP contribution in [0.3, 0.4) is 0 Å². The number of nitrogens with zero attached hydrogens (tertiary/aromatic N) is 1. The summed E-state index contributed by atoms with van der Waals surface area (Å²) in [4.78, 5) is 39.9. The molecular weight excluding hydrogens is 348 g/mol. The summed E-state index contributed by atoms with van der Waals surface area (Å²) >= 11 is 0. The van der Waals surface area contributed by atoms with E-state index in [0.717, 1.165) is 0 Å². The molecule has 0 aliphatic carbocycles. The molecule has 0 amide bonds. The number of Topliss-reactive ketones (excluding diaryl/α,β-unsaturated/α-hetero) is 1. The summed E-state index contributed by atoms with van der Waals surface area (Å²) in [6.07, 6.45) is -1.07. The molecule has 0 aliphatic heterocycles. The lowest BCUT2D eigenvalue weighted by molar-refractivity contribution is 0.0316. The van der Waals surface area contributed by atoms with Crippen LogP contribution in [0.25, 0.3) is 0 Å². The Labute approximate surface area is 156 Å². The largest absolute Gasteiger partial charge is 0.462 e. The van der Waals surface area contributed by atoms with Crippen molar-refractivity contribution in [2.45, 2.75) is 33.8 Å². The van der Waals surface area contributed by atoms with E-state index in [0.29, 0.717) is 22.4 Å². The van der Waals surface area contributed by atoms with Crippen molar-refractivity contribution >= 4 is 17.7 Å². The van der Waals surface area contributed by atoms with Crippen LogP contribution in [0.4, 0.5) is 0 Å². The van der Waals surface area contributed by atoms with Crippen molar-refractivity contribution in [1.29, 1.82) is 5.26 Å². The average Bonchev–Trinajstić information content (AvgIpc) is 2.95. The third-order valence-electron chi connectivity index (χ3n) is 4.04. The number of nitriles is 1. The second-order valence-corrected chi connectivity index (χ2v) is 5.95. The molecule has 0 spiro atoms. The Morgan fingerprint density at radius 1 is 1.22 bits per heavy atom. The normalized spacial score (nSPS) is 11.4. The first-order valence-electron chi connectivity index (χ1n) is 8.41. The van der Waals surface area contributed by atoms with E-state index >= 15 is 0 Å². The summed E-state index contributed by atoms with van der Waals surface area (Å²) in [6, 6.07) is 7.96. The number of esters is 2. The highest BCUT2D eigenvalue weighted by molar-refractivity contribution is 6.04. The number of aryl methyl sites for hydroxylation is 1. The van der Waals surface area contributed by atoms with E-state index in [2.05, 4.69) is 4.98 Å². The van der Waals surface area contributed by atoms with Gasteiger partial charge in [0, 0.05) is 5.69 Å². The lowest BCUT2D eigenvalue weighted by atomic mass is 10.1. The SMILES string of the molecule is CCOC(=O)c1c(C)[nH]c(C(=O)C(C)OC(=O)c2cccc(C#N)c2)c1C. The Balaban J connectivity index is 2.20. The van der Waals surface area contributed by atoms with Crippen LogP contribution in [0.2, 0.25) is 0 Å². The van der Waals surface area contributed by atoms with Gasteiger partial charge in [0.25, 0.3) is 0 Å². The summed E-state index contributed by atoms with van der Waals surface area (Å²) in [7, 11) is 0. The topological polar surface area (TPSA) is 109 Å². The first kappa shape index (κ1) is 19.9. The van der Waals surface area contributed by atoms with E-state index in [4.69, 9.17) is 14.7 Å². The van der Waals surface area contributed by atoms with Gasteiger partial charge >= 0.3 is 11.9 Å². The van der Waals surface area contributed by atoms with Crippen LogP contribution in [0.5, 0.6) is 0 Å². The number of aromatic nitrogens is 1. The van der Waals surface area contributed by atoms with Gasteiger partial charge in [0.05, 0.1) is 35.1 Å². The van der Waals surface area contributed by atoms with Gasteiger partial charge in [-0.05, 0) is 51.5 Å². The van der Waals surface area contributed by atoms with Gasteiger partial charge in [-0.1, -0.05) is 6.07 Å². The zero-order valence-electron chi connectivity index (χ0n) is 15.6. The maximum absolute atomic E-state index is 12.7. The molecule has 1 aromatic carbocycles. The molecule has 27 heavy (non-hydrogen) atoms. The Bertz CT molecular complexity index is 936. The highest BCUT2D eigenvalue weighted by atomic mass is 16.5. The van der Waals surface area contributed by atoms with Crippen molar-refractivity contribution in [3.8, 4) is 6.07 Å². The predicted molar refractivity (Wildman–Crippen MR) is 96.6 cm³/mol. The minimum atomic E-state index is -1.07. The molecule has 2 aromatic rings.